The number of halogens is 1. The summed E-state index contributed by atoms with van der Waals surface area (Å²) in [6.45, 7) is 3.17. The fourth-order valence-corrected chi connectivity index (χ4v) is 2.65. The molecule has 1 rings (SSSR count). The van der Waals surface area contributed by atoms with Gasteiger partial charge in [0.2, 0.25) is 0 Å². The van der Waals surface area contributed by atoms with Gasteiger partial charge in [0.25, 0.3) is 0 Å². The monoisotopic (exact) mass is 460 g/mol. The molecule has 1 aromatic rings. The molecule has 0 aromatic heterocycles. The highest BCUT2D eigenvalue weighted by molar-refractivity contribution is 14.0. The third-order valence-electron chi connectivity index (χ3n) is 4.08. The maximum atomic E-state index is 4.29. The number of aliphatic imine (C=N–C) groups is 1. The van der Waals surface area contributed by atoms with Crippen LogP contribution in [0.15, 0.2) is 35.3 Å². The summed E-state index contributed by atoms with van der Waals surface area (Å²) in [7, 11) is 6.12. The van der Waals surface area contributed by atoms with Gasteiger partial charge >= 0.3 is 0 Å². The first-order valence-corrected chi connectivity index (χ1v) is 9.35. The highest BCUT2D eigenvalue weighted by atomic mass is 127. The topological polar surface area (TPSA) is 39.7 Å². The number of aryl methyl sites for hydroxylation is 1. The predicted octanol–water partition coefficient (Wildman–Crippen LogP) is 3.91. The van der Waals surface area contributed by atoms with Crippen molar-refractivity contribution in [3.63, 3.8) is 0 Å². The Bertz CT molecular complexity index is 435. The summed E-state index contributed by atoms with van der Waals surface area (Å²) in [5.74, 6) is 0.927. The van der Waals surface area contributed by atoms with Crippen LogP contribution >= 0.6 is 24.0 Å². The average molecular weight is 460 g/mol. The Morgan fingerprint density at radius 1 is 0.880 bits per heavy atom. The highest BCUT2D eigenvalue weighted by Crippen LogP contribution is 2.03. The van der Waals surface area contributed by atoms with E-state index in [9.17, 15) is 0 Å². The summed E-state index contributed by atoms with van der Waals surface area (Å²) in [5, 5.41) is 6.80. The van der Waals surface area contributed by atoms with E-state index in [0.29, 0.717) is 0 Å². The first-order valence-electron chi connectivity index (χ1n) is 9.35. The van der Waals surface area contributed by atoms with Crippen molar-refractivity contribution in [1.82, 2.24) is 15.5 Å². The number of rotatable bonds is 12. The summed E-state index contributed by atoms with van der Waals surface area (Å²) in [6.07, 6.45) is 8.72. The van der Waals surface area contributed by atoms with Crippen molar-refractivity contribution in [2.45, 2.75) is 44.9 Å². The minimum absolute atomic E-state index is 0. The predicted molar refractivity (Wildman–Crippen MR) is 121 cm³/mol. The quantitative estimate of drug-likeness (QED) is 0.215. The minimum Gasteiger partial charge on any atom is -0.356 e. The van der Waals surface area contributed by atoms with Crippen molar-refractivity contribution in [2.24, 2.45) is 4.99 Å². The van der Waals surface area contributed by atoms with E-state index in [4.69, 9.17) is 0 Å². The molecule has 25 heavy (non-hydrogen) atoms. The van der Waals surface area contributed by atoms with Gasteiger partial charge in [0, 0.05) is 20.1 Å². The molecule has 0 saturated carbocycles. The smallest absolute Gasteiger partial charge is 0.190 e. The van der Waals surface area contributed by atoms with Crippen LogP contribution in [0.4, 0.5) is 0 Å². The lowest BCUT2D eigenvalue weighted by atomic mass is 10.1. The summed E-state index contributed by atoms with van der Waals surface area (Å²) < 4.78 is 0. The van der Waals surface area contributed by atoms with E-state index in [1.165, 1.54) is 44.2 Å². The number of benzene rings is 1. The first kappa shape index (κ1) is 24.2. The number of nitrogens with one attached hydrogen (secondary N) is 2. The fourth-order valence-electron chi connectivity index (χ4n) is 2.65. The van der Waals surface area contributed by atoms with Crippen LogP contribution in [0.3, 0.4) is 0 Å². The Morgan fingerprint density at radius 2 is 1.48 bits per heavy atom. The molecule has 0 amide bonds. The molecule has 1 aromatic carbocycles. The Labute approximate surface area is 171 Å². The molecule has 0 aliphatic heterocycles. The van der Waals surface area contributed by atoms with Crippen LogP contribution in [0.25, 0.3) is 0 Å². The van der Waals surface area contributed by atoms with E-state index < -0.39 is 0 Å². The third kappa shape index (κ3) is 14.1. The molecule has 0 radical (unpaired) electrons. The van der Waals surface area contributed by atoms with Gasteiger partial charge in [-0.05, 0) is 51.9 Å². The SMILES string of the molecule is CN=C(NCCCCCCCN(C)C)NCCCc1ccccc1.I. The molecule has 144 valence electrons. The largest absolute Gasteiger partial charge is 0.356 e. The van der Waals surface area contributed by atoms with Crippen LogP contribution in [-0.4, -0.2) is 51.6 Å². The van der Waals surface area contributed by atoms with E-state index in [1.54, 1.807) is 0 Å². The van der Waals surface area contributed by atoms with Gasteiger partial charge in [0.1, 0.15) is 0 Å². The average Bonchev–Trinajstić information content (AvgIpc) is 2.59. The second-order valence-electron chi connectivity index (χ2n) is 6.59. The number of hydrogen-bond acceptors (Lipinski definition) is 2. The minimum atomic E-state index is 0. The van der Waals surface area contributed by atoms with Gasteiger partial charge in [-0.3, -0.25) is 4.99 Å². The zero-order chi connectivity index (χ0) is 17.5. The maximum Gasteiger partial charge on any atom is 0.190 e. The van der Waals surface area contributed by atoms with Gasteiger partial charge < -0.3 is 15.5 Å². The van der Waals surface area contributed by atoms with E-state index in [2.05, 4.69) is 65.0 Å². The van der Waals surface area contributed by atoms with Crippen molar-refractivity contribution < 1.29 is 0 Å². The molecular weight excluding hydrogens is 423 g/mol. The molecule has 0 fully saturated rings. The van der Waals surface area contributed by atoms with Gasteiger partial charge in [0.15, 0.2) is 5.96 Å². The van der Waals surface area contributed by atoms with E-state index in [1.807, 2.05) is 7.05 Å². The molecule has 5 heteroatoms. The summed E-state index contributed by atoms with van der Waals surface area (Å²) in [6, 6.07) is 10.6. The second kappa shape index (κ2) is 16.6. The van der Waals surface area contributed by atoms with Crippen molar-refractivity contribution in [3.8, 4) is 0 Å². The number of hydrogen-bond donors (Lipinski definition) is 2. The first-order chi connectivity index (χ1) is 11.7. The zero-order valence-corrected chi connectivity index (χ0v) is 18.6. The van der Waals surface area contributed by atoms with Crippen LogP contribution in [0.1, 0.15) is 44.1 Å². The Kier molecular flexibility index (Phi) is 16.1. The molecule has 2 N–H and O–H groups in total. The van der Waals surface area contributed by atoms with Gasteiger partial charge in [-0.1, -0.05) is 49.6 Å². The molecule has 4 nitrogen and oxygen atoms in total. The Balaban J connectivity index is 0.00000576. The molecule has 0 saturated heterocycles. The standard InChI is InChI=1S/C20H36N4.HI/c1-21-20(22-16-10-5-4-6-11-18-24(2)3)23-17-12-15-19-13-8-7-9-14-19;/h7-9,13-14H,4-6,10-12,15-18H2,1-3H3,(H2,21,22,23);1H. The molecule has 0 atom stereocenters. The maximum absolute atomic E-state index is 4.29. The zero-order valence-electron chi connectivity index (χ0n) is 16.3. The van der Waals surface area contributed by atoms with Crippen molar-refractivity contribution in [3.05, 3.63) is 35.9 Å². The normalized spacial score (nSPS) is 11.3. The molecule has 0 spiro atoms. The third-order valence-corrected chi connectivity index (χ3v) is 4.08. The lowest BCUT2D eigenvalue weighted by Crippen LogP contribution is -2.38. The summed E-state index contributed by atoms with van der Waals surface area (Å²) in [4.78, 5) is 6.55. The molecule has 0 aliphatic carbocycles. The van der Waals surface area contributed by atoms with E-state index in [-0.39, 0.29) is 24.0 Å². The van der Waals surface area contributed by atoms with Crippen LogP contribution in [0.5, 0.6) is 0 Å². The van der Waals surface area contributed by atoms with Gasteiger partial charge in [0.05, 0.1) is 0 Å². The molecule has 0 bridgehead atoms. The van der Waals surface area contributed by atoms with Crippen molar-refractivity contribution >= 4 is 29.9 Å². The van der Waals surface area contributed by atoms with E-state index in [0.717, 1.165) is 31.9 Å². The van der Waals surface area contributed by atoms with Crippen LogP contribution in [-0.2, 0) is 6.42 Å². The van der Waals surface area contributed by atoms with Gasteiger partial charge in [-0.15, -0.1) is 24.0 Å². The molecule has 0 unspecified atom stereocenters. The highest BCUT2D eigenvalue weighted by Gasteiger charge is 1.98. The summed E-state index contributed by atoms with van der Waals surface area (Å²) >= 11 is 0. The van der Waals surface area contributed by atoms with Crippen LogP contribution in [0, 0.1) is 0 Å². The van der Waals surface area contributed by atoms with Crippen molar-refractivity contribution in [1.29, 1.82) is 0 Å². The Hall–Kier alpha value is -0.820. The molecule has 0 aliphatic rings. The van der Waals surface area contributed by atoms with Crippen LogP contribution < -0.4 is 10.6 Å². The van der Waals surface area contributed by atoms with E-state index >= 15 is 0 Å². The number of nitrogens with zero attached hydrogens (tertiary/aromatic N) is 2. The summed E-state index contributed by atoms with van der Waals surface area (Å²) in [5.41, 5.74) is 1.40. The molecule has 0 heterocycles. The lowest BCUT2D eigenvalue weighted by Gasteiger charge is -2.12. The van der Waals surface area contributed by atoms with Crippen molar-refractivity contribution in [2.75, 3.05) is 40.8 Å². The number of unbranched alkanes of at least 4 members (excludes halogenated alkanes) is 4. The van der Waals surface area contributed by atoms with Gasteiger partial charge in [-0.25, -0.2) is 0 Å². The fraction of sp³-hybridized carbons (Fsp3) is 0.650. The molecular formula is C20H37IN4. The van der Waals surface area contributed by atoms with Crippen LogP contribution in [0.2, 0.25) is 0 Å². The Morgan fingerprint density at radius 3 is 2.12 bits per heavy atom. The number of guanidine groups is 1. The lowest BCUT2D eigenvalue weighted by molar-refractivity contribution is 0.389. The second-order valence-corrected chi connectivity index (χ2v) is 6.59. The van der Waals surface area contributed by atoms with Gasteiger partial charge in [-0.2, -0.15) is 0 Å².